The zero-order chi connectivity index (χ0) is 15.9. The first-order chi connectivity index (χ1) is 10.6. The van der Waals surface area contributed by atoms with Gasteiger partial charge in [-0.2, -0.15) is 0 Å². The zero-order valence-corrected chi connectivity index (χ0v) is 14.7. The first-order valence-electron chi connectivity index (χ1n) is 8.08. The number of amides is 1. The van der Waals surface area contributed by atoms with Gasteiger partial charge in [-0.25, -0.2) is 4.98 Å². The van der Waals surface area contributed by atoms with Gasteiger partial charge >= 0.3 is 0 Å². The lowest BCUT2D eigenvalue weighted by atomic mass is 9.89. The molecule has 0 bridgehead atoms. The number of hydrogen-bond donors (Lipinski definition) is 1. The van der Waals surface area contributed by atoms with Gasteiger partial charge in [0.05, 0.1) is 12.2 Å². The molecule has 1 heterocycles. The Balaban J connectivity index is 1.81. The second-order valence-electron chi connectivity index (χ2n) is 6.04. The third-order valence-electron chi connectivity index (χ3n) is 4.17. The van der Waals surface area contributed by atoms with Crippen molar-refractivity contribution < 1.29 is 9.53 Å². The number of aromatic nitrogens is 1. The van der Waals surface area contributed by atoms with E-state index in [4.69, 9.17) is 4.74 Å². The average Bonchev–Trinajstić information content (AvgIpc) is 2.88. The van der Waals surface area contributed by atoms with Gasteiger partial charge in [0.15, 0.2) is 5.13 Å². The number of likely N-dealkylation sites (N-methyl/N-ethyl adjacent to an activating group) is 1. The van der Waals surface area contributed by atoms with Crippen molar-refractivity contribution in [2.24, 2.45) is 5.92 Å². The van der Waals surface area contributed by atoms with Crippen LogP contribution in [0.2, 0.25) is 0 Å². The minimum Gasteiger partial charge on any atom is -0.385 e. The molecule has 1 N–H and O–H groups in total. The Kier molecular flexibility index (Phi) is 6.79. The van der Waals surface area contributed by atoms with Gasteiger partial charge in [0.2, 0.25) is 5.91 Å². The number of rotatable bonds is 8. The van der Waals surface area contributed by atoms with Crippen molar-refractivity contribution in [3.8, 4) is 0 Å². The lowest BCUT2D eigenvalue weighted by molar-refractivity contribution is -0.117. The summed E-state index contributed by atoms with van der Waals surface area (Å²) in [7, 11) is 3.65. The molecule has 5 nitrogen and oxygen atoms in total. The Morgan fingerprint density at radius 3 is 3.09 bits per heavy atom. The summed E-state index contributed by atoms with van der Waals surface area (Å²) in [4.78, 5) is 20.0. The molecule has 2 rings (SSSR count). The van der Waals surface area contributed by atoms with Crippen LogP contribution in [0, 0.1) is 5.92 Å². The van der Waals surface area contributed by atoms with E-state index in [0.717, 1.165) is 43.5 Å². The van der Waals surface area contributed by atoms with Crippen LogP contribution in [-0.2, 0) is 22.4 Å². The molecule has 0 aliphatic heterocycles. The molecule has 0 radical (unpaired) electrons. The maximum absolute atomic E-state index is 12.1. The Morgan fingerprint density at radius 1 is 1.55 bits per heavy atom. The van der Waals surface area contributed by atoms with Crippen LogP contribution in [0.1, 0.15) is 36.8 Å². The predicted molar refractivity (Wildman–Crippen MR) is 90.5 cm³/mol. The second-order valence-corrected chi connectivity index (χ2v) is 7.12. The molecule has 1 aromatic heterocycles. The number of nitrogens with zero attached hydrogens (tertiary/aromatic N) is 2. The first-order valence-corrected chi connectivity index (χ1v) is 8.90. The molecule has 1 amide bonds. The van der Waals surface area contributed by atoms with Gasteiger partial charge in [-0.05, 0) is 38.6 Å². The van der Waals surface area contributed by atoms with Crippen molar-refractivity contribution >= 4 is 22.4 Å². The molecule has 1 unspecified atom stereocenters. The molecule has 1 aromatic rings. The Bertz CT molecular complexity index is 490. The number of fused-ring (bicyclic) bond motifs is 1. The van der Waals surface area contributed by atoms with Crippen molar-refractivity contribution in [1.29, 1.82) is 0 Å². The molecule has 0 saturated heterocycles. The van der Waals surface area contributed by atoms with E-state index in [1.54, 1.807) is 18.4 Å². The molecule has 1 atom stereocenters. The van der Waals surface area contributed by atoms with Crippen molar-refractivity contribution in [2.45, 2.75) is 39.0 Å². The molecule has 1 aliphatic rings. The monoisotopic (exact) mass is 325 g/mol. The molecule has 1 aliphatic carbocycles. The van der Waals surface area contributed by atoms with E-state index in [1.165, 1.54) is 23.4 Å². The maximum Gasteiger partial charge on any atom is 0.240 e. The van der Waals surface area contributed by atoms with Gasteiger partial charge in [-0.3, -0.25) is 9.69 Å². The highest BCUT2D eigenvalue weighted by molar-refractivity contribution is 7.15. The van der Waals surface area contributed by atoms with Crippen molar-refractivity contribution in [2.75, 3.05) is 39.2 Å². The van der Waals surface area contributed by atoms with Crippen molar-refractivity contribution in [1.82, 2.24) is 9.88 Å². The van der Waals surface area contributed by atoms with Crippen LogP contribution in [0.15, 0.2) is 0 Å². The largest absolute Gasteiger partial charge is 0.385 e. The fraction of sp³-hybridized carbons (Fsp3) is 0.750. The standard InChI is InChI=1S/C16H27N3O2S/c1-4-12-6-7-13-14(10-12)22-16(17-13)18-15(20)11-19(2)8-5-9-21-3/h12H,4-11H2,1-3H3,(H,17,18,20). The summed E-state index contributed by atoms with van der Waals surface area (Å²) >= 11 is 1.65. The number of carbonyl (C=O) groups is 1. The Morgan fingerprint density at radius 2 is 2.36 bits per heavy atom. The number of anilines is 1. The normalized spacial score (nSPS) is 17.5. The topological polar surface area (TPSA) is 54.5 Å². The summed E-state index contributed by atoms with van der Waals surface area (Å²) in [6, 6.07) is 0. The van der Waals surface area contributed by atoms with Crippen LogP contribution in [0.25, 0.3) is 0 Å². The highest BCUT2D eigenvalue weighted by Crippen LogP contribution is 2.33. The van der Waals surface area contributed by atoms with Gasteiger partial charge in [0.25, 0.3) is 0 Å². The third-order valence-corrected chi connectivity index (χ3v) is 5.20. The lowest BCUT2D eigenvalue weighted by Crippen LogP contribution is -2.31. The van der Waals surface area contributed by atoms with Gasteiger partial charge in [-0.15, -0.1) is 11.3 Å². The van der Waals surface area contributed by atoms with Gasteiger partial charge < -0.3 is 10.1 Å². The molecule has 0 aromatic carbocycles. The van der Waals surface area contributed by atoms with E-state index in [-0.39, 0.29) is 5.91 Å². The van der Waals surface area contributed by atoms with Crippen LogP contribution in [-0.4, -0.2) is 49.6 Å². The van der Waals surface area contributed by atoms with E-state index in [2.05, 4.69) is 17.2 Å². The first kappa shape index (κ1) is 17.4. The number of carbonyl (C=O) groups excluding carboxylic acids is 1. The highest BCUT2D eigenvalue weighted by Gasteiger charge is 2.22. The molecule has 124 valence electrons. The fourth-order valence-electron chi connectivity index (χ4n) is 2.81. The summed E-state index contributed by atoms with van der Waals surface area (Å²) in [5, 5.41) is 3.71. The molecule has 22 heavy (non-hydrogen) atoms. The summed E-state index contributed by atoms with van der Waals surface area (Å²) in [5.41, 5.74) is 1.19. The molecule has 0 fully saturated rings. The molecular weight excluding hydrogens is 298 g/mol. The Hall–Kier alpha value is -0.980. The predicted octanol–water partition coefficient (Wildman–Crippen LogP) is 2.56. The van der Waals surface area contributed by atoms with Crippen LogP contribution >= 0.6 is 11.3 Å². The van der Waals surface area contributed by atoms with Crippen LogP contribution < -0.4 is 5.32 Å². The smallest absolute Gasteiger partial charge is 0.240 e. The summed E-state index contributed by atoms with van der Waals surface area (Å²) < 4.78 is 5.02. The number of aryl methyl sites for hydroxylation is 1. The molecular formula is C16H27N3O2S. The van der Waals surface area contributed by atoms with Crippen LogP contribution in [0.5, 0.6) is 0 Å². The quantitative estimate of drug-likeness (QED) is 0.746. The highest BCUT2D eigenvalue weighted by atomic mass is 32.1. The van der Waals surface area contributed by atoms with E-state index in [0.29, 0.717) is 6.54 Å². The minimum atomic E-state index is 0.0121. The second kappa shape index (κ2) is 8.60. The van der Waals surface area contributed by atoms with Gasteiger partial charge in [0, 0.05) is 25.1 Å². The van der Waals surface area contributed by atoms with E-state index in [9.17, 15) is 4.79 Å². The minimum absolute atomic E-state index is 0.0121. The SMILES string of the molecule is CCC1CCc2nc(NC(=O)CN(C)CCCOC)sc2C1. The number of methoxy groups -OCH3 is 1. The van der Waals surface area contributed by atoms with Crippen LogP contribution in [0.4, 0.5) is 5.13 Å². The average molecular weight is 325 g/mol. The lowest BCUT2D eigenvalue weighted by Gasteiger charge is -2.18. The maximum atomic E-state index is 12.1. The van der Waals surface area contributed by atoms with Crippen molar-refractivity contribution in [3.05, 3.63) is 10.6 Å². The fourth-order valence-corrected chi connectivity index (χ4v) is 3.95. The molecule has 6 heteroatoms. The summed E-state index contributed by atoms with van der Waals surface area (Å²) in [6.45, 7) is 4.22. The molecule has 0 spiro atoms. The number of nitrogens with one attached hydrogen (secondary N) is 1. The summed E-state index contributed by atoms with van der Waals surface area (Å²) in [6.07, 6.45) is 5.56. The van der Waals surface area contributed by atoms with E-state index >= 15 is 0 Å². The van der Waals surface area contributed by atoms with Crippen LogP contribution in [0.3, 0.4) is 0 Å². The number of ether oxygens (including phenoxy) is 1. The zero-order valence-electron chi connectivity index (χ0n) is 13.9. The molecule has 0 saturated carbocycles. The third kappa shape index (κ3) is 5.04. The van der Waals surface area contributed by atoms with E-state index < -0.39 is 0 Å². The van der Waals surface area contributed by atoms with Gasteiger partial charge in [-0.1, -0.05) is 13.3 Å². The van der Waals surface area contributed by atoms with Gasteiger partial charge in [0.1, 0.15) is 0 Å². The number of hydrogen-bond acceptors (Lipinski definition) is 5. The number of thiazole rings is 1. The van der Waals surface area contributed by atoms with Crippen molar-refractivity contribution in [3.63, 3.8) is 0 Å². The summed E-state index contributed by atoms with van der Waals surface area (Å²) in [5.74, 6) is 0.793. The van der Waals surface area contributed by atoms with E-state index in [1.807, 2.05) is 11.9 Å². The Labute approximate surface area is 137 Å².